The van der Waals surface area contributed by atoms with Crippen LogP contribution in [0, 0.1) is 5.92 Å². The molecule has 0 aromatic carbocycles. The molecule has 1 heterocycles. The first-order valence-electron chi connectivity index (χ1n) is 5.64. The Morgan fingerprint density at radius 1 is 1.47 bits per heavy atom. The summed E-state index contributed by atoms with van der Waals surface area (Å²) in [5.41, 5.74) is 0. The van der Waals surface area contributed by atoms with E-state index in [-0.39, 0.29) is 18.6 Å². The largest absolute Gasteiger partial charge is 0.480 e. The third kappa shape index (κ3) is 3.59. The van der Waals surface area contributed by atoms with Crippen LogP contribution in [-0.2, 0) is 14.3 Å². The standard InChI is InChI=1S/C11H19NO5/c1-7(2)6-17-11(15)12-5-8(16-3)4-9(12)10(13)14/h7-9H,4-6H2,1-3H3,(H,13,14). The van der Waals surface area contributed by atoms with Gasteiger partial charge in [-0.25, -0.2) is 9.59 Å². The summed E-state index contributed by atoms with van der Waals surface area (Å²) in [6.45, 7) is 4.40. The third-order valence-electron chi connectivity index (χ3n) is 2.66. The highest BCUT2D eigenvalue weighted by atomic mass is 16.6. The third-order valence-corrected chi connectivity index (χ3v) is 2.66. The number of carbonyl (C=O) groups is 2. The van der Waals surface area contributed by atoms with Gasteiger partial charge >= 0.3 is 12.1 Å². The van der Waals surface area contributed by atoms with Crippen LogP contribution < -0.4 is 0 Å². The van der Waals surface area contributed by atoms with Crippen LogP contribution in [0.2, 0.25) is 0 Å². The van der Waals surface area contributed by atoms with Crippen LogP contribution in [0.5, 0.6) is 0 Å². The van der Waals surface area contributed by atoms with Crippen molar-refractivity contribution >= 4 is 12.1 Å². The van der Waals surface area contributed by atoms with Crippen LogP contribution in [0.4, 0.5) is 4.79 Å². The van der Waals surface area contributed by atoms with E-state index >= 15 is 0 Å². The minimum atomic E-state index is -1.02. The first kappa shape index (κ1) is 13.8. The maximum absolute atomic E-state index is 11.7. The fourth-order valence-electron chi connectivity index (χ4n) is 1.72. The summed E-state index contributed by atoms with van der Waals surface area (Å²) in [4.78, 5) is 23.9. The Balaban J connectivity index is 2.60. The summed E-state index contributed by atoms with van der Waals surface area (Å²) in [5, 5.41) is 9.02. The van der Waals surface area contributed by atoms with E-state index in [9.17, 15) is 9.59 Å². The SMILES string of the molecule is COC1CC(C(=O)O)N(C(=O)OCC(C)C)C1. The van der Waals surface area contributed by atoms with Gasteiger partial charge in [-0.3, -0.25) is 4.90 Å². The van der Waals surface area contributed by atoms with Crippen molar-refractivity contribution in [2.45, 2.75) is 32.4 Å². The van der Waals surface area contributed by atoms with Crippen LogP contribution in [0.15, 0.2) is 0 Å². The molecule has 0 radical (unpaired) electrons. The lowest BCUT2D eigenvalue weighted by Crippen LogP contribution is -2.41. The Morgan fingerprint density at radius 2 is 2.12 bits per heavy atom. The van der Waals surface area contributed by atoms with Crippen molar-refractivity contribution in [3.8, 4) is 0 Å². The van der Waals surface area contributed by atoms with Gasteiger partial charge in [0.25, 0.3) is 0 Å². The van der Waals surface area contributed by atoms with Gasteiger partial charge in [0, 0.05) is 13.5 Å². The van der Waals surface area contributed by atoms with E-state index in [1.807, 2.05) is 13.8 Å². The van der Waals surface area contributed by atoms with Gasteiger partial charge in [-0.2, -0.15) is 0 Å². The van der Waals surface area contributed by atoms with Crippen molar-refractivity contribution in [3.05, 3.63) is 0 Å². The molecule has 1 aliphatic rings. The van der Waals surface area contributed by atoms with Crippen molar-refractivity contribution in [1.82, 2.24) is 4.90 Å². The van der Waals surface area contributed by atoms with Crippen molar-refractivity contribution < 1.29 is 24.2 Å². The number of rotatable bonds is 4. The Hall–Kier alpha value is -1.30. The van der Waals surface area contributed by atoms with Crippen LogP contribution in [0.25, 0.3) is 0 Å². The molecular weight excluding hydrogens is 226 g/mol. The van der Waals surface area contributed by atoms with Crippen molar-refractivity contribution in [2.75, 3.05) is 20.3 Å². The van der Waals surface area contributed by atoms with Gasteiger partial charge in [0.2, 0.25) is 0 Å². The molecule has 1 fully saturated rings. The number of amides is 1. The maximum Gasteiger partial charge on any atom is 0.410 e. The van der Waals surface area contributed by atoms with E-state index in [0.29, 0.717) is 13.0 Å². The molecule has 0 aromatic rings. The molecular formula is C11H19NO5. The first-order valence-corrected chi connectivity index (χ1v) is 5.64. The normalized spacial score (nSPS) is 24.1. The molecule has 0 aromatic heterocycles. The molecule has 6 heteroatoms. The fourth-order valence-corrected chi connectivity index (χ4v) is 1.72. The molecule has 6 nitrogen and oxygen atoms in total. The molecule has 1 amide bonds. The monoisotopic (exact) mass is 245 g/mol. The number of hydrogen-bond acceptors (Lipinski definition) is 4. The van der Waals surface area contributed by atoms with E-state index in [0.717, 1.165) is 0 Å². The lowest BCUT2D eigenvalue weighted by Gasteiger charge is -2.21. The zero-order valence-electron chi connectivity index (χ0n) is 10.4. The smallest absolute Gasteiger partial charge is 0.410 e. The molecule has 1 N–H and O–H groups in total. The van der Waals surface area contributed by atoms with Crippen molar-refractivity contribution in [2.24, 2.45) is 5.92 Å². The Bertz CT molecular complexity index is 292. The molecule has 2 atom stereocenters. The lowest BCUT2D eigenvalue weighted by atomic mass is 10.2. The minimum Gasteiger partial charge on any atom is -0.480 e. The van der Waals surface area contributed by atoms with Crippen LogP contribution >= 0.6 is 0 Å². The number of aliphatic carboxylic acids is 1. The fraction of sp³-hybridized carbons (Fsp3) is 0.818. The number of hydrogen-bond donors (Lipinski definition) is 1. The molecule has 17 heavy (non-hydrogen) atoms. The van der Waals surface area contributed by atoms with E-state index in [1.165, 1.54) is 12.0 Å². The van der Waals surface area contributed by atoms with E-state index in [2.05, 4.69) is 0 Å². The second-order valence-corrected chi connectivity index (χ2v) is 4.57. The Kier molecular flexibility index (Phi) is 4.74. The quantitative estimate of drug-likeness (QED) is 0.798. The number of nitrogens with zero attached hydrogens (tertiary/aromatic N) is 1. The number of likely N-dealkylation sites (tertiary alicyclic amines) is 1. The molecule has 98 valence electrons. The van der Waals surface area contributed by atoms with Gasteiger partial charge in [-0.15, -0.1) is 0 Å². The van der Waals surface area contributed by atoms with Gasteiger partial charge in [0.15, 0.2) is 0 Å². The van der Waals surface area contributed by atoms with Crippen molar-refractivity contribution in [1.29, 1.82) is 0 Å². The molecule has 2 unspecified atom stereocenters. The molecule has 1 saturated heterocycles. The maximum atomic E-state index is 11.7. The van der Waals surface area contributed by atoms with Crippen LogP contribution in [-0.4, -0.2) is 54.5 Å². The molecule has 0 bridgehead atoms. The highest BCUT2D eigenvalue weighted by Crippen LogP contribution is 2.21. The number of methoxy groups -OCH3 is 1. The van der Waals surface area contributed by atoms with Gasteiger partial charge in [-0.05, 0) is 5.92 Å². The summed E-state index contributed by atoms with van der Waals surface area (Å²) in [6, 6.07) is -0.848. The lowest BCUT2D eigenvalue weighted by molar-refractivity contribution is -0.141. The molecule has 1 aliphatic heterocycles. The van der Waals surface area contributed by atoms with E-state index < -0.39 is 18.1 Å². The zero-order valence-corrected chi connectivity index (χ0v) is 10.4. The second-order valence-electron chi connectivity index (χ2n) is 4.57. The minimum absolute atomic E-state index is 0.225. The Morgan fingerprint density at radius 3 is 2.59 bits per heavy atom. The summed E-state index contributed by atoms with van der Waals surface area (Å²) in [6.07, 6.45) is -0.504. The summed E-state index contributed by atoms with van der Waals surface area (Å²) in [5.74, 6) is -0.797. The summed E-state index contributed by atoms with van der Waals surface area (Å²) in [7, 11) is 1.51. The number of carboxylic acid groups (broad SMARTS) is 1. The zero-order chi connectivity index (χ0) is 13.0. The van der Waals surface area contributed by atoms with Crippen molar-refractivity contribution in [3.63, 3.8) is 0 Å². The number of ether oxygens (including phenoxy) is 2. The second kappa shape index (κ2) is 5.86. The number of carboxylic acids is 1. The highest BCUT2D eigenvalue weighted by molar-refractivity contribution is 5.80. The topological polar surface area (TPSA) is 76.1 Å². The highest BCUT2D eigenvalue weighted by Gasteiger charge is 2.40. The summed E-state index contributed by atoms with van der Waals surface area (Å²) >= 11 is 0. The van der Waals surface area contributed by atoms with E-state index in [4.69, 9.17) is 14.6 Å². The van der Waals surface area contributed by atoms with Gasteiger partial charge in [-0.1, -0.05) is 13.8 Å². The van der Waals surface area contributed by atoms with Crippen LogP contribution in [0.1, 0.15) is 20.3 Å². The molecule has 0 spiro atoms. The van der Waals surface area contributed by atoms with Crippen LogP contribution in [0.3, 0.4) is 0 Å². The Labute approximate surface area is 100 Å². The van der Waals surface area contributed by atoms with E-state index in [1.54, 1.807) is 0 Å². The average molecular weight is 245 g/mol. The van der Waals surface area contributed by atoms with Gasteiger partial charge < -0.3 is 14.6 Å². The molecule has 0 saturated carbocycles. The summed E-state index contributed by atoms with van der Waals surface area (Å²) < 4.78 is 10.1. The number of carbonyl (C=O) groups excluding carboxylic acids is 1. The predicted molar refractivity (Wildman–Crippen MR) is 59.7 cm³/mol. The van der Waals surface area contributed by atoms with Gasteiger partial charge in [0.05, 0.1) is 19.3 Å². The first-order chi connectivity index (χ1) is 7.95. The molecule has 0 aliphatic carbocycles. The average Bonchev–Trinajstić information content (AvgIpc) is 2.69. The van der Waals surface area contributed by atoms with Gasteiger partial charge in [0.1, 0.15) is 6.04 Å². The molecule has 1 rings (SSSR count). The predicted octanol–water partition coefficient (Wildman–Crippen LogP) is 0.953.